The van der Waals surface area contributed by atoms with Gasteiger partial charge in [-0.15, -0.1) is 0 Å². The number of carbonyl (C=O) groups excluding carboxylic acids is 3. The highest BCUT2D eigenvalue weighted by Crippen LogP contribution is 2.55. The van der Waals surface area contributed by atoms with Crippen LogP contribution in [0.25, 0.3) is 5.57 Å². The van der Waals surface area contributed by atoms with Gasteiger partial charge in [0, 0.05) is 62.7 Å². The number of carbonyl (C=O) groups is 3. The number of nitrogens with one attached hydrogen (secondary N) is 1. The predicted molar refractivity (Wildman–Crippen MR) is 199 cm³/mol. The molecule has 2 atom stereocenters. The van der Waals surface area contributed by atoms with Crippen molar-refractivity contribution in [2.75, 3.05) is 26.2 Å². The molecule has 11 heteroatoms. The number of ether oxygens (including phenoxy) is 1. The minimum Gasteiger partial charge on any atom is -0.444 e. The molecule has 54 heavy (non-hydrogen) atoms. The van der Waals surface area contributed by atoms with Crippen molar-refractivity contribution >= 4 is 23.5 Å². The first-order chi connectivity index (χ1) is 25.6. The Labute approximate surface area is 315 Å². The third kappa shape index (κ3) is 8.20. The summed E-state index contributed by atoms with van der Waals surface area (Å²) in [5.41, 5.74) is 6.07. The van der Waals surface area contributed by atoms with Gasteiger partial charge in [-0.1, -0.05) is 42.0 Å². The van der Waals surface area contributed by atoms with Crippen molar-refractivity contribution in [2.24, 2.45) is 11.3 Å². The molecule has 3 amide bonds. The van der Waals surface area contributed by atoms with E-state index in [-0.39, 0.29) is 60.4 Å². The number of piperidine rings is 1. The predicted octanol–water partition coefficient (Wildman–Crippen LogP) is 8.69. The summed E-state index contributed by atoms with van der Waals surface area (Å²) >= 11 is 0. The molecule has 4 aliphatic rings. The first-order valence-electron chi connectivity index (χ1n) is 19.1. The van der Waals surface area contributed by atoms with E-state index in [4.69, 9.17) is 4.74 Å². The summed E-state index contributed by atoms with van der Waals surface area (Å²) in [6, 6.07) is 16.2. The Kier molecular flexibility index (Phi) is 10.1. The number of likely N-dealkylation sites (tertiary alicyclic amines) is 2. The zero-order valence-corrected chi connectivity index (χ0v) is 31.5. The van der Waals surface area contributed by atoms with Crippen molar-refractivity contribution in [3.8, 4) is 0 Å². The topological polar surface area (TPSA) is 91.8 Å². The lowest BCUT2D eigenvalue weighted by Gasteiger charge is -2.57. The van der Waals surface area contributed by atoms with Crippen LogP contribution in [-0.4, -0.2) is 70.4 Å². The Bertz CT molecular complexity index is 1910. The second-order valence-electron chi connectivity index (χ2n) is 16.9. The van der Waals surface area contributed by atoms with E-state index in [2.05, 4.69) is 10.3 Å². The van der Waals surface area contributed by atoms with Gasteiger partial charge in [0.2, 0.25) is 11.8 Å². The second-order valence-corrected chi connectivity index (χ2v) is 16.9. The highest BCUT2D eigenvalue weighted by molar-refractivity contribution is 5.94. The fourth-order valence-electron chi connectivity index (χ4n) is 8.62. The summed E-state index contributed by atoms with van der Waals surface area (Å²) in [6.07, 6.45) is 5.76. The molecule has 3 heterocycles. The largest absolute Gasteiger partial charge is 0.444 e. The minimum atomic E-state index is -2.74. The summed E-state index contributed by atoms with van der Waals surface area (Å²) in [4.78, 5) is 46.7. The maximum absolute atomic E-state index is 13.9. The lowest BCUT2D eigenvalue weighted by molar-refractivity contribution is -0.137. The Balaban J connectivity index is 0.974. The number of hydrogen-bond acceptors (Lipinski definition) is 5. The van der Waals surface area contributed by atoms with Gasteiger partial charge in [-0.2, -0.15) is 0 Å². The van der Waals surface area contributed by atoms with Crippen LogP contribution in [-0.2, 0) is 9.53 Å². The van der Waals surface area contributed by atoms with Crippen LogP contribution >= 0.6 is 0 Å². The van der Waals surface area contributed by atoms with E-state index < -0.39 is 17.4 Å². The highest BCUT2D eigenvalue weighted by Gasteiger charge is 2.53. The SMILES string of the molecule is C[C@@H](NC(=O)c1cncc(C2CCN(C(=O)C3CCC(F)(F)C3)CC2)c1)c1ccc(C(=C2CC3(C2)CN(C(=O)OC(C)(C)C)C3)c2ccc(F)cc2)cc1. The normalized spacial score (nSPS) is 21.2. The van der Waals surface area contributed by atoms with Gasteiger partial charge in [-0.25, -0.2) is 18.0 Å². The monoisotopic (exact) mass is 742 g/mol. The molecule has 4 fully saturated rings. The van der Waals surface area contributed by atoms with E-state index in [1.165, 1.54) is 17.7 Å². The van der Waals surface area contributed by atoms with Crippen LogP contribution in [0.3, 0.4) is 0 Å². The Morgan fingerprint density at radius 2 is 1.52 bits per heavy atom. The van der Waals surface area contributed by atoms with Crippen LogP contribution in [0, 0.1) is 17.2 Å². The number of benzene rings is 2. The van der Waals surface area contributed by atoms with Gasteiger partial charge in [-0.05, 0) is 112 Å². The number of aromatic nitrogens is 1. The third-order valence-electron chi connectivity index (χ3n) is 11.5. The minimum absolute atomic E-state index is 0.0383. The van der Waals surface area contributed by atoms with Crippen LogP contribution in [0.4, 0.5) is 18.0 Å². The second kappa shape index (κ2) is 14.5. The van der Waals surface area contributed by atoms with Crippen molar-refractivity contribution < 1.29 is 32.3 Å². The van der Waals surface area contributed by atoms with Gasteiger partial charge in [0.1, 0.15) is 11.4 Å². The van der Waals surface area contributed by atoms with Gasteiger partial charge < -0.3 is 19.9 Å². The molecule has 7 rings (SSSR count). The molecule has 2 aromatic carbocycles. The number of allylic oxidation sites excluding steroid dienone is 1. The Hall–Kier alpha value is -4.67. The lowest BCUT2D eigenvalue weighted by atomic mass is 9.59. The van der Waals surface area contributed by atoms with Crippen molar-refractivity contribution in [1.82, 2.24) is 20.1 Å². The molecule has 2 saturated heterocycles. The summed E-state index contributed by atoms with van der Waals surface area (Å²) in [5, 5.41) is 3.10. The third-order valence-corrected chi connectivity index (χ3v) is 11.5. The first-order valence-corrected chi connectivity index (χ1v) is 19.1. The standard InChI is InChI=1S/C43H49F3N4O4/c1-27(48-38(51)34-19-33(23-47-24-34)29-14-17-49(18-15-29)39(52)32-13-16-43(45,46)22-32)28-5-7-30(8-6-28)37(31-9-11-36(44)12-10-31)35-20-42(21-35)25-50(26-42)40(53)54-41(2,3)4/h5-12,19,23-24,27,29,32H,13-18,20-22,25-26H2,1-4H3,(H,48,51)/t27-,32?/m1/s1. The van der Waals surface area contributed by atoms with Gasteiger partial charge in [0.15, 0.2) is 0 Å². The van der Waals surface area contributed by atoms with Crippen LogP contribution in [0.5, 0.6) is 0 Å². The molecule has 1 N–H and O–H groups in total. The molecule has 1 aromatic heterocycles. The molecule has 3 aromatic rings. The smallest absolute Gasteiger partial charge is 0.410 e. The van der Waals surface area contributed by atoms with Crippen LogP contribution in [0.1, 0.15) is 117 Å². The fourth-order valence-corrected chi connectivity index (χ4v) is 8.62. The average Bonchev–Trinajstić information content (AvgIpc) is 3.47. The van der Waals surface area contributed by atoms with E-state index in [9.17, 15) is 27.6 Å². The molecule has 2 saturated carbocycles. The first kappa shape index (κ1) is 37.6. The number of amides is 3. The van der Waals surface area contributed by atoms with Crippen LogP contribution in [0.2, 0.25) is 0 Å². The molecule has 8 nitrogen and oxygen atoms in total. The summed E-state index contributed by atoms with van der Waals surface area (Å²) < 4.78 is 46.9. The maximum Gasteiger partial charge on any atom is 0.410 e. The van der Waals surface area contributed by atoms with Crippen molar-refractivity contribution in [3.05, 3.63) is 106 Å². The summed E-state index contributed by atoms with van der Waals surface area (Å²) in [7, 11) is 0. The zero-order chi connectivity index (χ0) is 38.4. The van der Waals surface area contributed by atoms with Gasteiger partial charge in [0.05, 0.1) is 11.6 Å². The molecule has 0 bridgehead atoms. The molecule has 2 aliphatic heterocycles. The molecule has 2 aliphatic carbocycles. The Morgan fingerprint density at radius 1 is 0.889 bits per heavy atom. The van der Waals surface area contributed by atoms with Crippen LogP contribution in [0.15, 0.2) is 72.6 Å². The molecular formula is C43H49F3N4O4. The number of nitrogens with zero attached hydrogens (tertiary/aromatic N) is 3. The number of pyridine rings is 1. The van der Waals surface area contributed by atoms with E-state index in [0.717, 1.165) is 40.7 Å². The number of alkyl halides is 2. The van der Waals surface area contributed by atoms with E-state index in [1.807, 2.05) is 58.0 Å². The number of halogens is 3. The highest BCUT2D eigenvalue weighted by atomic mass is 19.3. The molecule has 1 spiro atoms. The molecule has 286 valence electrons. The van der Waals surface area contributed by atoms with Crippen LogP contribution < -0.4 is 5.32 Å². The summed E-state index contributed by atoms with van der Waals surface area (Å²) in [5.74, 6) is -3.93. The van der Waals surface area contributed by atoms with Gasteiger partial charge in [-0.3, -0.25) is 14.6 Å². The van der Waals surface area contributed by atoms with Crippen molar-refractivity contribution in [1.29, 1.82) is 0 Å². The quantitative estimate of drug-likeness (QED) is 0.262. The van der Waals surface area contributed by atoms with Crippen molar-refractivity contribution in [2.45, 2.75) is 96.1 Å². The lowest BCUT2D eigenvalue weighted by Crippen LogP contribution is -2.62. The molecular weight excluding hydrogens is 693 g/mol. The number of rotatable bonds is 7. The summed E-state index contributed by atoms with van der Waals surface area (Å²) in [6.45, 7) is 9.84. The maximum atomic E-state index is 13.9. The number of hydrogen-bond donors (Lipinski definition) is 1. The average molecular weight is 743 g/mol. The molecule has 0 radical (unpaired) electrons. The van der Waals surface area contributed by atoms with Gasteiger partial charge in [0.25, 0.3) is 5.91 Å². The zero-order valence-electron chi connectivity index (χ0n) is 31.5. The van der Waals surface area contributed by atoms with Crippen molar-refractivity contribution in [3.63, 3.8) is 0 Å². The van der Waals surface area contributed by atoms with E-state index in [0.29, 0.717) is 44.6 Å². The Morgan fingerprint density at radius 3 is 2.11 bits per heavy atom. The van der Waals surface area contributed by atoms with E-state index >= 15 is 0 Å². The van der Waals surface area contributed by atoms with E-state index in [1.54, 1.807) is 34.3 Å². The molecule has 1 unspecified atom stereocenters. The van der Waals surface area contributed by atoms with Gasteiger partial charge >= 0.3 is 6.09 Å². The fraction of sp³-hybridized carbons (Fsp3) is 0.488.